The Hall–Kier alpha value is 0.500. The molecule has 0 aromatic carbocycles. The van der Waals surface area contributed by atoms with Gasteiger partial charge in [-0.3, -0.25) is 4.90 Å². The van der Waals surface area contributed by atoms with E-state index in [4.69, 9.17) is 0 Å². The first kappa shape index (κ1) is 12.5. The fourth-order valence-electron chi connectivity index (χ4n) is 2.12. The molecule has 0 saturated carbocycles. The fraction of sp³-hybridized carbons (Fsp3) is 1.00. The van der Waals surface area contributed by atoms with Crippen LogP contribution >= 0.6 is 24.8 Å². The maximum Gasteiger partial charge on any atom is 0.0221 e. The van der Waals surface area contributed by atoms with Crippen LogP contribution in [0.4, 0.5) is 0 Å². The maximum atomic E-state index is 3.51. The van der Waals surface area contributed by atoms with Gasteiger partial charge in [-0.05, 0) is 26.3 Å². The number of hydrogen-bond acceptors (Lipinski definition) is 2. The van der Waals surface area contributed by atoms with Gasteiger partial charge in [0.2, 0.25) is 0 Å². The predicted octanol–water partition coefficient (Wildman–Crippen LogP) is 1.29. The summed E-state index contributed by atoms with van der Waals surface area (Å²) in [6.07, 6.45) is 2.83. The third-order valence-electron chi connectivity index (χ3n) is 2.71. The molecule has 0 unspecified atom stereocenters. The highest BCUT2D eigenvalue weighted by Crippen LogP contribution is 2.19. The van der Waals surface area contributed by atoms with Gasteiger partial charge in [-0.25, -0.2) is 0 Å². The first-order valence-electron chi connectivity index (χ1n) is 4.33. The van der Waals surface area contributed by atoms with Gasteiger partial charge in [-0.15, -0.1) is 24.8 Å². The molecule has 2 fully saturated rings. The second-order valence-corrected chi connectivity index (χ2v) is 3.60. The van der Waals surface area contributed by atoms with E-state index in [0.29, 0.717) is 6.04 Å². The van der Waals surface area contributed by atoms with E-state index < -0.39 is 0 Å². The minimum atomic E-state index is 0. The van der Waals surface area contributed by atoms with Gasteiger partial charge in [-0.1, -0.05) is 0 Å². The molecule has 4 heteroatoms. The molecular formula is C8H18Cl2N2. The first-order chi connectivity index (χ1) is 4.86. The molecular weight excluding hydrogens is 195 g/mol. The van der Waals surface area contributed by atoms with Crippen molar-refractivity contribution in [3.63, 3.8) is 0 Å². The summed E-state index contributed by atoms with van der Waals surface area (Å²) in [5, 5.41) is 3.51. The van der Waals surface area contributed by atoms with Crippen molar-refractivity contribution in [2.24, 2.45) is 0 Å². The third-order valence-corrected chi connectivity index (χ3v) is 2.71. The summed E-state index contributed by atoms with van der Waals surface area (Å²) >= 11 is 0. The Bertz CT molecular complexity index is 132. The molecule has 2 rings (SSSR count). The number of nitrogens with zero attached hydrogens (tertiary/aromatic N) is 1. The second-order valence-electron chi connectivity index (χ2n) is 3.60. The van der Waals surface area contributed by atoms with Crippen LogP contribution in [0.25, 0.3) is 0 Å². The lowest BCUT2D eigenvalue weighted by atomic mass is 10.1. The standard InChI is InChI=1S/C8H16N2.2ClH/c1-7-6-10-4-2-3-8(10)5-9-7;;/h7-9H,2-6H2,1H3;2*1H/t7-,8+;;/m1../s1. The lowest BCUT2D eigenvalue weighted by molar-refractivity contribution is 0.180. The Kier molecular flexibility index (Phi) is 5.50. The van der Waals surface area contributed by atoms with Crippen molar-refractivity contribution in [1.82, 2.24) is 10.2 Å². The highest BCUT2D eigenvalue weighted by atomic mass is 35.5. The lowest BCUT2D eigenvalue weighted by Crippen LogP contribution is -2.52. The molecule has 0 spiro atoms. The van der Waals surface area contributed by atoms with Gasteiger partial charge < -0.3 is 5.32 Å². The van der Waals surface area contributed by atoms with Crippen LogP contribution in [0.3, 0.4) is 0 Å². The van der Waals surface area contributed by atoms with E-state index in [2.05, 4.69) is 17.1 Å². The monoisotopic (exact) mass is 212 g/mol. The summed E-state index contributed by atoms with van der Waals surface area (Å²) in [5.41, 5.74) is 0. The van der Waals surface area contributed by atoms with Gasteiger partial charge in [0.15, 0.2) is 0 Å². The first-order valence-corrected chi connectivity index (χ1v) is 4.33. The molecule has 2 aliphatic heterocycles. The van der Waals surface area contributed by atoms with Crippen LogP contribution in [0.1, 0.15) is 19.8 Å². The van der Waals surface area contributed by atoms with E-state index in [9.17, 15) is 0 Å². The smallest absolute Gasteiger partial charge is 0.0221 e. The van der Waals surface area contributed by atoms with Crippen molar-refractivity contribution < 1.29 is 0 Å². The van der Waals surface area contributed by atoms with Gasteiger partial charge in [0.25, 0.3) is 0 Å². The van der Waals surface area contributed by atoms with E-state index in [1.54, 1.807) is 0 Å². The topological polar surface area (TPSA) is 15.3 Å². The van der Waals surface area contributed by atoms with Gasteiger partial charge >= 0.3 is 0 Å². The molecule has 2 heterocycles. The average molecular weight is 213 g/mol. The van der Waals surface area contributed by atoms with E-state index in [1.807, 2.05) is 0 Å². The average Bonchev–Trinajstić information content (AvgIpc) is 2.33. The van der Waals surface area contributed by atoms with Crippen LogP contribution in [-0.4, -0.2) is 36.6 Å². The molecule has 74 valence electrons. The molecule has 0 bridgehead atoms. The molecule has 2 saturated heterocycles. The van der Waals surface area contributed by atoms with Crippen molar-refractivity contribution in [1.29, 1.82) is 0 Å². The zero-order valence-electron chi connectivity index (χ0n) is 7.45. The molecule has 0 amide bonds. The molecule has 0 aliphatic carbocycles. The molecule has 0 aromatic rings. The zero-order valence-corrected chi connectivity index (χ0v) is 9.09. The van der Waals surface area contributed by atoms with E-state index in [-0.39, 0.29) is 24.8 Å². The second kappa shape index (κ2) is 5.28. The Balaban J connectivity index is 0.000000605. The minimum absolute atomic E-state index is 0. The van der Waals surface area contributed by atoms with Crippen molar-refractivity contribution in [2.45, 2.75) is 31.8 Å². The van der Waals surface area contributed by atoms with Crippen LogP contribution in [0, 0.1) is 0 Å². The summed E-state index contributed by atoms with van der Waals surface area (Å²) in [5.74, 6) is 0. The Morgan fingerprint density at radius 2 is 2.08 bits per heavy atom. The number of hydrogen-bond donors (Lipinski definition) is 1. The van der Waals surface area contributed by atoms with Crippen LogP contribution in [0.5, 0.6) is 0 Å². The quantitative estimate of drug-likeness (QED) is 0.652. The SMILES string of the molecule is C[C@@H]1CN2CCC[C@H]2CN1.Cl.Cl. The minimum Gasteiger partial charge on any atom is -0.311 e. The molecule has 12 heavy (non-hydrogen) atoms. The van der Waals surface area contributed by atoms with Crippen molar-refractivity contribution in [2.75, 3.05) is 19.6 Å². The summed E-state index contributed by atoms with van der Waals surface area (Å²) in [6, 6.07) is 1.59. The number of halogens is 2. The highest BCUT2D eigenvalue weighted by molar-refractivity contribution is 5.85. The number of nitrogens with one attached hydrogen (secondary N) is 1. The summed E-state index contributed by atoms with van der Waals surface area (Å²) < 4.78 is 0. The summed E-state index contributed by atoms with van der Waals surface area (Å²) in [6.45, 7) is 6.11. The lowest BCUT2D eigenvalue weighted by Gasteiger charge is -2.34. The van der Waals surface area contributed by atoms with E-state index in [0.717, 1.165) is 6.04 Å². The third kappa shape index (κ3) is 2.49. The van der Waals surface area contributed by atoms with Crippen LogP contribution < -0.4 is 5.32 Å². The molecule has 2 nitrogen and oxygen atoms in total. The molecule has 0 aromatic heterocycles. The molecule has 2 atom stereocenters. The number of piperazine rings is 1. The Labute approximate surface area is 86.9 Å². The van der Waals surface area contributed by atoms with Crippen LogP contribution in [-0.2, 0) is 0 Å². The van der Waals surface area contributed by atoms with Gasteiger partial charge in [-0.2, -0.15) is 0 Å². The summed E-state index contributed by atoms with van der Waals surface area (Å²) in [4.78, 5) is 2.63. The zero-order chi connectivity index (χ0) is 6.97. The predicted molar refractivity (Wildman–Crippen MR) is 56.6 cm³/mol. The molecule has 1 N–H and O–H groups in total. The number of fused-ring (bicyclic) bond motifs is 1. The van der Waals surface area contributed by atoms with Gasteiger partial charge in [0, 0.05) is 25.2 Å². The fourth-order valence-corrected chi connectivity index (χ4v) is 2.12. The molecule has 2 aliphatic rings. The van der Waals surface area contributed by atoms with Gasteiger partial charge in [0.05, 0.1) is 0 Å². The maximum absolute atomic E-state index is 3.51. The van der Waals surface area contributed by atoms with Crippen LogP contribution in [0.15, 0.2) is 0 Å². The van der Waals surface area contributed by atoms with Crippen molar-refractivity contribution in [3.05, 3.63) is 0 Å². The number of rotatable bonds is 0. The largest absolute Gasteiger partial charge is 0.311 e. The van der Waals surface area contributed by atoms with Crippen molar-refractivity contribution >= 4 is 24.8 Å². The van der Waals surface area contributed by atoms with Crippen LogP contribution in [0.2, 0.25) is 0 Å². The highest BCUT2D eigenvalue weighted by Gasteiger charge is 2.28. The van der Waals surface area contributed by atoms with E-state index >= 15 is 0 Å². The Morgan fingerprint density at radius 3 is 2.83 bits per heavy atom. The van der Waals surface area contributed by atoms with Gasteiger partial charge in [0.1, 0.15) is 0 Å². The summed E-state index contributed by atoms with van der Waals surface area (Å²) in [7, 11) is 0. The van der Waals surface area contributed by atoms with Crippen molar-refractivity contribution in [3.8, 4) is 0 Å². The molecule has 0 radical (unpaired) electrons. The Morgan fingerprint density at radius 1 is 1.33 bits per heavy atom. The normalized spacial score (nSPS) is 34.8. The van der Waals surface area contributed by atoms with E-state index in [1.165, 1.54) is 32.5 Å².